The van der Waals surface area contributed by atoms with Gasteiger partial charge in [-0.2, -0.15) is 0 Å². The van der Waals surface area contributed by atoms with Crippen molar-refractivity contribution in [1.29, 1.82) is 0 Å². The first kappa shape index (κ1) is 14.3. The third-order valence-corrected chi connectivity index (χ3v) is 5.36. The predicted molar refractivity (Wildman–Crippen MR) is 80.6 cm³/mol. The fourth-order valence-corrected chi connectivity index (χ4v) is 4.11. The highest BCUT2D eigenvalue weighted by molar-refractivity contribution is 5.79. The van der Waals surface area contributed by atoms with Crippen LogP contribution >= 0.6 is 0 Å². The topological polar surface area (TPSA) is 35.6 Å². The number of fused-ring (bicyclic) bond motifs is 2. The number of nitrogens with one attached hydrogen (secondary N) is 1. The number of piperidine rings is 1. The number of carbonyl (C=O) groups is 1. The lowest BCUT2D eigenvalue weighted by Gasteiger charge is -2.37. The Morgan fingerprint density at radius 1 is 1.00 bits per heavy atom. The van der Waals surface area contributed by atoms with Crippen LogP contribution in [-0.2, 0) is 4.79 Å². The van der Waals surface area contributed by atoms with E-state index in [2.05, 4.69) is 29.0 Å². The van der Waals surface area contributed by atoms with Gasteiger partial charge in [-0.1, -0.05) is 6.92 Å². The van der Waals surface area contributed by atoms with Gasteiger partial charge in [-0.25, -0.2) is 0 Å². The van der Waals surface area contributed by atoms with Gasteiger partial charge in [0.2, 0.25) is 5.91 Å². The van der Waals surface area contributed by atoms with Crippen molar-refractivity contribution >= 4 is 5.91 Å². The minimum Gasteiger partial charge on any atom is -0.339 e. The van der Waals surface area contributed by atoms with E-state index in [-0.39, 0.29) is 0 Å². The van der Waals surface area contributed by atoms with Gasteiger partial charge >= 0.3 is 0 Å². The SMILES string of the molecule is CCN(CC(=O)N(CC)C1CC1)C1CC2CCC(C1)N2. The van der Waals surface area contributed by atoms with Gasteiger partial charge in [0, 0.05) is 30.7 Å². The van der Waals surface area contributed by atoms with Gasteiger partial charge in [-0.05, 0) is 52.0 Å². The van der Waals surface area contributed by atoms with Crippen molar-refractivity contribution in [3.05, 3.63) is 0 Å². The second kappa shape index (κ2) is 6.02. The molecule has 20 heavy (non-hydrogen) atoms. The minimum atomic E-state index is 0.350. The summed E-state index contributed by atoms with van der Waals surface area (Å²) in [6, 6.07) is 2.57. The molecule has 2 heterocycles. The summed E-state index contributed by atoms with van der Waals surface area (Å²) in [6.45, 7) is 6.81. The molecule has 2 saturated heterocycles. The van der Waals surface area contributed by atoms with E-state index in [1.54, 1.807) is 0 Å². The third kappa shape index (κ3) is 3.01. The molecule has 1 N–H and O–H groups in total. The number of likely N-dealkylation sites (N-methyl/N-ethyl adjacent to an activating group) is 2. The molecule has 0 radical (unpaired) electrons. The Balaban J connectivity index is 1.57. The molecule has 1 aliphatic carbocycles. The summed E-state index contributed by atoms with van der Waals surface area (Å²) in [5, 5.41) is 3.69. The zero-order valence-electron chi connectivity index (χ0n) is 13.0. The van der Waals surface area contributed by atoms with Gasteiger partial charge in [0.1, 0.15) is 0 Å². The molecule has 2 atom stereocenters. The van der Waals surface area contributed by atoms with Gasteiger partial charge in [-0.15, -0.1) is 0 Å². The quantitative estimate of drug-likeness (QED) is 0.802. The van der Waals surface area contributed by atoms with E-state index in [4.69, 9.17) is 0 Å². The molecule has 4 nitrogen and oxygen atoms in total. The van der Waals surface area contributed by atoms with E-state index < -0.39 is 0 Å². The Bertz CT molecular complexity index is 344. The maximum absolute atomic E-state index is 12.5. The first-order valence-electron chi connectivity index (χ1n) is 8.50. The normalized spacial score (nSPS) is 32.6. The number of hydrogen-bond acceptors (Lipinski definition) is 3. The van der Waals surface area contributed by atoms with Gasteiger partial charge in [-0.3, -0.25) is 9.69 Å². The average molecular weight is 279 g/mol. The van der Waals surface area contributed by atoms with Crippen molar-refractivity contribution in [3.8, 4) is 0 Å². The lowest BCUT2D eigenvalue weighted by Crippen LogP contribution is -2.51. The molecule has 0 spiro atoms. The maximum atomic E-state index is 12.5. The second-order valence-electron chi connectivity index (χ2n) is 6.74. The minimum absolute atomic E-state index is 0.350. The molecular weight excluding hydrogens is 250 g/mol. The number of hydrogen-bond donors (Lipinski definition) is 1. The number of carbonyl (C=O) groups excluding carboxylic acids is 1. The van der Waals surface area contributed by atoms with Crippen LogP contribution in [0.2, 0.25) is 0 Å². The van der Waals surface area contributed by atoms with Crippen LogP contribution in [0.5, 0.6) is 0 Å². The van der Waals surface area contributed by atoms with Crippen LogP contribution in [-0.4, -0.2) is 59.5 Å². The summed E-state index contributed by atoms with van der Waals surface area (Å²) in [7, 11) is 0. The largest absolute Gasteiger partial charge is 0.339 e. The van der Waals surface area contributed by atoms with Crippen LogP contribution in [0, 0.1) is 0 Å². The molecule has 1 amide bonds. The van der Waals surface area contributed by atoms with E-state index in [1.807, 2.05) is 0 Å². The van der Waals surface area contributed by atoms with Gasteiger partial charge < -0.3 is 10.2 Å². The van der Waals surface area contributed by atoms with E-state index in [9.17, 15) is 4.79 Å². The first-order chi connectivity index (χ1) is 9.71. The standard InChI is InChI=1S/C16H29N3O/c1-3-18(11-16(20)19(4-2)14-7-8-14)15-9-12-5-6-13(10-15)17-12/h12-15,17H,3-11H2,1-2H3. The summed E-state index contributed by atoms with van der Waals surface area (Å²) >= 11 is 0. The molecule has 3 rings (SSSR count). The van der Waals surface area contributed by atoms with Gasteiger partial charge in [0.25, 0.3) is 0 Å². The third-order valence-electron chi connectivity index (χ3n) is 5.36. The monoisotopic (exact) mass is 279 g/mol. The lowest BCUT2D eigenvalue weighted by molar-refractivity contribution is -0.133. The molecule has 2 bridgehead atoms. The highest BCUT2D eigenvalue weighted by Gasteiger charge is 2.37. The fraction of sp³-hybridized carbons (Fsp3) is 0.938. The van der Waals surface area contributed by atoms with Gasteiger partial charge in [0.15, 0.2) is 0 Å². The molecule has 2 unspecified atom stereocenters. The molecule has 3 fully saturated rings. The number of rotatable bonds is 6. The Kier molecular flexibility index (Phi) is 4.32. The average Bonchev–Trinajstić information content (AvgIpc) is 3.22. The van der Waals surface area contributed by atoms with E-state index in [0.29, 0.717) is 36.6 Å². The van der Waals surface area contributed by atoms with Crippen molar-refractivity contribution < 1.29 is 4.79 Å². The smallest absolute Gasteiger partial charge is 0.236 e. The van der Waals surface area contributed by atoms with Crippen molar-refractivity contribution in [2.75, 3.05) is 19.6 Å². The van der Waals surface area contributed by atoms with Crippen LogP contribution in [0.4, 0.5) is 0 Å². The van der Waals surface area contributed by atoms with Crippen LogP contribution in [0.15, 0.2) is 0 Å². The zero-order valence-corrected chi connectivity index (χ0v) is 13.0. The summed E-state index contributed by atoms with van der Waals surface area (Å²) in [5.41, 5.74) is 0. The van der Waals surface area contributed by atoms with Gasteiger partial charge in [0.05, 0.1) is 6.54 Å². The van der Waals surface area contributed by atoms with Crippen LogP contribution in [0.25, 0.3) is 0 Å². The molecule has 4 heteroatoms. The predicted octanol–water partition coefficient (Wildman–Crippen LogP) is 1.60. The summed E-state index contributed by atoms with van der Waals surface area (Å²) in [4.78, 5) is 17.0. The van der Waals surface area contributed by atoms with Crippen LogP contribution in [0.1, 0.15) is 52.4 Å². The summed E-state index contributed by atoms with van der Waals surface area (Å²) in [6.07, 6.45) is 7.54. The fourth-order valence-electron chi connectivity index (χ4n) is 4.11. The van der Waals surface area contributed by atoms with E-state index in [0.717, 1.165) is 13.1 Å². The van der Waals surface area contributed by atoms with Crippen LogP contribution < -0.4 is 5.32 Å². The molecule has 1 saturated carbocycles. The summed E-state index contributed by atoms with van der Waals surface area (Å²) in [5.74, 6) is 0.350. The Morgan fingerprint density at radius 3 is 2.15 bits per heavy atom. The highest BCUT2D eigenvalue weighted by atomic mass is 16.2. The molecule has 0 aromatic heterocycles. The molecule has 2 aliphatic heterocycles. The first-order valence-corrected chi connectivity index (χ1v) is 8.50. The Hall–Kier alpha value is -0.610. The van der Waals surface area contributed by atoms with Crippen molar-refractivity contribution in [3.63, 3.8) is 0 Å². The molecule has 0 aromatic carbocycles. The van der Waals surface area contributed by atoms with Crippen molar-refractivity contribution in [2.24, 2.45) is 0 Å². The van der Waals surface area contributed by atoms with E-state index >= 15 is 0 Å². The molecule has 114 valence electrons. The number of amides is 1. The number of nitrogens with zero attached hydrogens (tertiary/aromatic N) is 2. The van der Waals surface area contributed by atoms with E-state index in [1.165, 1.54) is 38.5 Å². The molecule has 0 aromatic rings. The molecular formula is C16H29N3O. The Morgan fingerprint density at radius 2 is 1.65 bits per heavy atom. The Labute approximate surface area is 122 Å². The molecule has 3 aliphatic rings. The van der Waals surface area contributed by atoms with Crippen molar-refractivity contribution in [2.45, 2.75) is 76.5 Å². The zero-order chi connectivity index (χ0) is 14.1. The second-order valence-corrected chi connectivity index (χ2v) is 6.74. The van der Waals surface area contributed by atoms with Crippen LogP contribution in [0.3, 0.4) is 0 Å². The lowest BCUT2D eigenvalue weighted by atomic mass is 9.98. The highest BCUT2D eigenvalue weighted by Crippen LogP contribution is 2.30. The summed E-state index contributed by atoms with van der Waals surface area (Å²) < 4.78 is 0. The van der Waals surface area contributed by atoms with Crippen molar-refractivity contribution in [1.82, 2.24) is 15.1 Å². The maximum Gasteiger partial charge on any atom is 0.236 e.